The van der Waals surface area contributed by atoms with Gasteiger partial charge in [-0.15, -0.1) is 0 Å². The zero-order valence-electron chi connectivity index (χ0n) is 15.5. The molecule has 138 valence electrons. The molecule has 0 fully saturated rings. The zero-order valence-corrected chi connectivity index (χ0v) is 16.3. The highest BCUT2D eigenvalue weighted by atomic mass is 32.1. The van der Waals surface area contributed by atoms with Gasteiger partial charge in [0.15, 0.2) is 4.77 Å². The molecule has 2 heterocycles. The number of aromatic amines is 1. The summed E-state index contributed by atoms with van der Waals surface area (Å²) in [6, 6.07) is 12.2. The third-order valence-corrected chi connectivity index (χ3v) is 5.16. The van der Waals surface area contributed by atoms with Crippen LogP contribution < -0.4 is 10.1 Å². The van der Waals surface area contributed by atoms with Crippen molar-refractivity contribution in [3.8, 4) is 5.75 Å². The first-order valence-electron chi connectivity index (χ1n) is 8.90. The molecule has 1 atom stereocenters. The Morgan fingerprint density at radius 1 is 1.22 bits per heavy atom. The van der Waals surface area contributed by atoms with Gasteiger partial charge in [0, 0.05) is 17.1 Å². The quantitative estimate of drug-likeness (QED) is 0.457. The Labute approximate surface area is 162 Å². The van der Waals surface area contributed by atoms with E-state index < -0.39 is 0 Å². The molecule has 0 saturated carbocycles. The minimum atomic E-state index is 0.322. The number of fused-ring (bicyclic) bond motifs is 2. The molecule has 1 unspecified atom stereocenters. The lowest BCUT2D eigenvalue weighted by molar-refractivity contribution is 0.415. The van der Waals surface area contributed by atoms with Crippen molar-refractivity contribution in [1.29, 1.82) is 0 Å². The van der Waals surface area contributed by atoms with E-state index in [9.17, 15) is 0 Å². The molecule has 2 aromatic carbocycles. The first-order valence-corrected chi connectivity index (χ1v) is 9.31. The predicted octanol–water partition coefficient (Wildman–Crippen LogP) is 5.37. The molecule has 0 amide bonds. The van der Waals surface area contributed by atoms with Crippen LogP contribution in [0.15, 0.2) is 42.7 Å². The normalized spacial score (nSPS) is 12.4. The second-order valence-electron chi connectivity index (χ2n) is 6.52. The maximum atomic E-state index is 5.54. The van der Waals surface area contributed by atoms with E-state index in [1.165, 1.54) is 0 Å². The fourth-order valence-electron chi connectivity index (χ4n) is 3.21. The summed E-state index contributed by atoms with van der Waals surface area (Å²) < 4.78 is 8.09. The number of benzene rings is 2. The highest BCUT2D eigenvalue weighted by Crippen LogP contribution is 2.29. The van der Waals surface area contributed by atoms with Crippen molar-refractivity contribution in [2.24, 2.45) is 0 Å². The molecule has 0 spiro atoms. The minimum absolute atomic E-state index is 0.322. The van der Waals surface area contributed by atoms with Gasteiger partial charge in [-0.25, -0.2) is 9.97 Å². The zero-order chi connectivity index (χ0) is 19.0. The van der Waals surface area contributed by atoms with Crippen molar-refractivity contribution in [2.75, 3.05) is 12.4 Å². The summed E-state index contributed by atoms with van der Waals surface area (Å²) in [5.74, 6) is 1.57. The van der Waals surface area contributed by atoms with Crippen molar-refractivity contribution in [1.82, 2.24) is 19.5 Å². The summed E-state index contributed by atoms with van der Waals surface area (Å²) in [6.07, 6.45) is 2.59. The molecule has 4 rings (SSSR count). The van der Waals surface area contributed by atoms with Gasteiger partial charge < -0.3 is 19.6 Å². The van der Waals surface area contributed by atoms with Gasteiger partial charge in [-0.3, -0.25) is 0 Å². The van der Waals surface area contributed by atoms with Crippen LogP contribution >= 0.6 is 12.2 Å². The van der Waals surface area contributed by atoms with Crippen LogP contribution in [0.25, 0.3) is 21.9 Å². The van der Waals surface area contributed by atoms with E-state index in [1.807, 2.05) is 24.3 Å². The van der Waals surface area contributed by atoms with Crippen molar-refractivity contribution >= 4 is 45.7 Å². The fraction of sp³-hybridized carbons (Fsp3) is 0.250. The highest BCUT2D eigenvalue weighted by molar-refractivity contribution is 7.71. The van der Waals surface area contributed by atoms with Crippen LogP contribution in [0.5, 0.6) is 5.75 Å². The standard InChI is InChI=1S/C20H21N5OS/c1-4-12(2)25-18-10-16-15(9-17(18)24-20(25)27)19(22-11-21-16)23-13-5-7-14(26-3)8-6-13/h5-12H,4H2,1-3H3,(H,24,27)(H,21,22,23). The fourth-order valence-corrected chi connectivity index (χ4v) is 3.60. The van der Waals surface area contributed by atoms with Gasteiger partial charge in [0.2, 0.25) is 0 Å². The lowest BCUT2D eigenvalue weighted by Gasteiger charge is -2.13. The molecule has 0 saturated heterocycles. The van der Waals surface area contributed by atoms with Crippen molar-refractivity contribution in [3.05, 3.63) is 47.5 Å². The topological polar surface area (TPSA) is 67.8 Å². The Morgan fingerprint density at radius 2 is 2.00 bits per heavy atom. The lowest BCUT2D eigenvalue weighted by atomic mass is 10.2. The van der Waals surface area contributed by atoms with Crippen LogP contribution in [0, 0.1) is 4.77 Å². The summed E-state index contributed by atoms with van der Waals surface area (Å²) in [4.78, 5) is 12.2. The second kappa shape index (κ2) is 7.00. The largest absolute Gasteiger partial charge is 0.497 e. The summed E-state index contributed by atoms with van der Waals surface area (Å²) >= 11 is 5.54. The Morgan fingerprint density at radius 3 is 2.70 bits per heavy atom. The van der Waals surface area contributed by atoms with E-state index in [2.05, 4.69) is 50.8 Å². The summed E-state index contributed by atoms with van der Waals surface area (Å²) in [5.41, 5.74) is 3.86. The molecule has 6 nitrogen and oxygen atoms in total. The maximum Gasteiger partial charge on any atom is 0.178 e. The Hall–Kier alpha value is -2.93. The molecule has 7 heteroatoms. The maximum absolute atomic E-state index is 5.54. The number of nitrogens with zero attached hydrogens (tertiary/aromatic N) is 3. The molecular formula is C20H21N5OS. The van der Waals surface area contributed by atoms with E-state index >= 15 is 0 Å². The molecule has 0 aliphatic carbocycles. The van der Waals surface area contributed by atoms with Crippen LogP contribution in [0.3, 0.4) is 0 Å². The molecule has 4 aromatic rings. The van der Waals surface area contributed by atoms with E-state index in [4.69, 9.17) is 17.0 Å². The molecule has 27 heavy (non-hydrogen) atoms. The first-order chi connectivity index (χ1) is 13.1. The second-order valence-corrected chi connectivity index (χ2v) is 6.91. The van der Waals surface area contributed by atoms with Gasteiger partial charge in [0.25, 0.3) is 0 Å². The number of imidazole rings is 1. The van der Waals surface area contributed by atoms with Crippen molar-refractivity contribution < 1.29 is 4.74 Å². The number of nitrogens with one attached hydrogen (secondary N) is 2. The van der Waals surface area contributed by atoms with Crippen molar-refractivity contribution in [3.63, 3.8) is 0 Å². The van der Waals surface area contributed by atoms with E-state index in [1.54, 1.807) is 13.4 Å². The molecular weight excluding hydrogens is 358 g/mol. The Balaban J connectivity index is 1.83. The Bertz CT molecular complexity index is 1160. The van der Waals surface area contributed by atoms with Gasteiger partial charge in [0.05, 0.1) is 23.7 Å². The number of H-pyrrole nitrogens is 1. The SMILES string of the molecule is CCC(C)n1c(=S)[nH]c2cc3c(Nc4ccc(OC)cc4)ncnc3cc21. The highest BCUT2D eigenvalue weighted by Gasteiger charge is 2.13. The summed E-state index contributed by atoms with van der Waals surface area (Å²) in [5, 5.41) is 4.30. The summed E-state index contributed by atoms with van der Waals surface area (Å²) in [7, 11) is 1.65. The van der Waals surface area contributed by atoms with Gasteiger partial charge >= 0.3 is 0 Å². The number of aromatic nitrogens is 4. The van der Waals surface area contributed by atoms with Crippen LogP contribution in [0.4, 0.5) is 11.5 Å². The van der Waals surface area contributed by atoms with Gasteiger partial charge in [-0.1, -0.05) is 6.92 Å². The van der Waals surface area contributed by atoms with Gasteiger partial charge in [-0.2, -0.15) is 0 Å². The number of hydrogen-bond acceptors (Lipinski definition) is 5. The molecule has 0 aliphatic heterocycles. The number of ether oxygens (including phenoxy) is 1. The van der Waals surface area contributed by atoms with Gasteiger partial charge in [0.1, 0.15) is 17.9 Å². The average Bonchev–Trinajstić information content (AvgIpc) is 3.01. The molecule has 0 bridgehead atoms. The van der Waals surface area contributed by atoms with E-state index in [0.717, 1.165) is 50.4 Å². The monoisotopic (exact) mass is 379 g/mol. The molecule has 2 aromatic heterocycles. The van der Waals surface area contributed by atoms with Crippen LogP contribution in [0.1, 0.15) is 26.3 Å². The number of anilines is 2. The van der Waals surface area contributed by atoms with E-state index in [0.29, 0.717) is 6.04 Å². The minimum Gasteiger partial charge on any atom is -0.497 e. The lowest BCUT2D eigenvalue weighted by Crippen LogP contribution is -2.03. The number of rotatable bonds is 5. The number of methoxy groups -OCH3 is 1. The first kappa shape index (κ1) is 17.5. The molecule has 2 N–H and O–H groups in total. The third-order valence-electron chi connectivity index (χ3n) is 4.86. The molecule has 0 aliphatic rings. The van der Waals surface area contributed by atoms with Crippen LogP contribution in [-0.4, -0.2) is 26.6 Å². The smallest absolute Gasteiger partial charge is 0.178 e. The van der Waals surface area contributed by atoms with Gasteiger partial charge in [-0.05, 0) is 62.0 Å². The Kier molecular flexibility index (Phi) is 4.53. The molecule has 0 radical (unpaired) electrons. The third kappa shape index (κ3) is 3.14. The van der Waals surface area contributed by atoms with Crippen molar-refractivity contribution in [2.45, 2.75) is 26.3 Å². The van der Waals surface area contributed by atoms with E-state index in [-0.39, 0.29) is 0 Å². The van der Waals surface area contributed by atoms with Crippen LogP contribution in [-0.2, 0) is 0 Å². The predicted molar refractivity (Wildman–Crippen MR) is 111 cm³/mol. The summed E-state index contributed by atoms with van der Waals surface area (Å²) in [6.45, 7) is 4.33. The average molecular weight is 379 g/mol. The van der Waals surface area contributed by atoms with Crippen LogP contribution in [0.2, 0.25) is 0 Å². The number of hydrogen-bond donors (Lipinski definition) is 2.